The van der Waals surface area contributed by atoms with Gasteiger partial charge < -0.3 is 9.74 Å². The average molecular weight is 486 g/mol. The highest BCUT2D eigenvalue weighted by Gasteiger charge is 2.30. The molecule has 1 amide bonds. The fraction of sp³-hybridized carbons (Fsp3) is 0.391. The number of oxime groups is 1. The Morgan fingerprint density at radius 1 is 1.30 bits per heavy atom. The van der Waals surface area contributed by atoms with Crippen LogP contribution in [0.15, 0.2) is 64.4 Å². The zero-order chi connectivity index (χ0) is 25.2. The lowest BCUT2D eigenvalue weighted by molar-refractivity contribution is -0.134. The molecule has 0 aromatic carbocycles. The second kappa shape index (κ2) is 12.3. The number of hydrogen-bond donors (Lipinski definition) is 1. The van der Waals surface area contributed by atoms with Crippen LogP contribution in [0.4, 0.5) is 13.2 Å². The van der Waals surface area contributed by atoms with Gasteiger partial charge in [-0.2, -0.15) is 13.2 Å². The van der Waals surface area contributed by atoms with Crippen LogP contribution in [0.3, 0.4) is 0 Å². The van der Waals surface area contributed by atoms with E-state index in [0.717, 1.165) is 11.1 Å². The van der Waals surface area contributed by atoms with Crippen LogP contribution in [-0.4, -0.2) is 48.0 Å². The normalized spacial score (nSPS) is 14.6. The van der Waals surface area contributed by atoms with Crippen molar-refractivity contribution >= 4 is 35.4 Å². The molecule has 0 unspecified atom stereocenters. The van der Waals surface area contributed by atoms with Gasteiger partial charge >= 0.3 is 18.0 Å². The lowest BCUT2D eigenvalue weighted by atomic mass is 9.90. The average Bonchev–Trinajstić information content (AvgIpc) is 2.89. The van der Waals surface area contributed by atoms with Gasteiger partial charge in [-0.05, 0) is 29.2 Å². The highest BCUT2D eigenvalue weighted by atomic mass is 35.5. The summed E-state index contributed by atoms with van der Waals surface area (Å²) in [7, 11) is 0. The van der Waals surface area contributed by atoms with Gasteiger partial charge in [0.25, 0.3) is 0 Å². The van der Waals surface area contributed by atoms with Crippen molar-refractivity contribution in [1.29, 1.82) is 5.41 Å². The van der Waals surface area contributed by atoms with Gasteiger partial charge in [-0.25, -0.2) is 0 Å². The largest absolute Gasteiger partial charge is 0.393 e. The van der Waals surface area contributed by atoms with Crippen LogP contribution in [-0.2, 0) is 14.4 Å². The Morgan fingerprint density at radius 3 is 2.55 bits per heavy atom. The van der Waals surface area contributed by atoms with Gasteiger partial charge in [-0.15, -0.1) is 0 Å². The van der Waals surface area contributed by atoms with Gasteiger partial charge in [0.15, 0.2) is 5.78 Å². The minimum absolute atomic E-state index is 0.0302. The fourth-order valence-corrected chi connectivity index (χ4v) is 2.68. The molecule has 1 rings (SSSR count). The van der Waals surface area contributed by atoms with Crippen LogP contribution in [0.25, 0.3) is 0 Å². The molecular formula is C23H27ClF3N3O3. The molecule has 1 aliphatic carbocycles. The highest BCUT2D eigenvalue weighted by molar-refractivity contribution is 6.34. The molecule has 0 saturated heterocycles. The van der Waals surface area contributed by atoms with Gasteiger partial charge in [-0.3, -0.25) is 15.0 Å². The number of amides is 1. The number of Topliss-reactive ketones (excluding diaryl/α,β-unsaturated/α-hetero) is 1. The van der Waals surface area contributed by atoms with Crippen LogP contribution in [0, 0.1) is 10.8 Å². The Bertz CT molecular complexity index is 923. The topological polar surface area (TPSA) is 82.8 Å². The summed E-state index contributed by atoms with van der Waals surface area (Å²) < 4.78 is 38.5. The number of carbonyl (C=O) groups is 2. The predicted molar refractivity (Wildman–Crippen MR) is 123 cm³/mol. The number of alkyl halides is 3. The molecule has 180 valence electrons. The molecule has 1 aliphatic rings. The summed E-state index contributed by atoms with van der Waals surface area (Å²) in [5, 5.41) is 11.4. The van der Waals surface area contributed by atoms with Crippen molar-refractivity contribution in [3.63, 3.8) is 0 Å². The molecule has 6 nitrogen and oxygen atoms in total. The molecule has 0 spiro atoms. The molecule has 0 atom stereocenters. The van der Waals surface area contributed by atoms with E-state index in [-0.39, 0.29) is 24.4 Å². The first kappa shape index (κ1) is 28.1. The fourth-order valence-electron chi connectivity index (χ4n) is 2.52. The number of nitrogens with zero attached hydrogens (tertiary/aromatic N) is 2. The van der Waals surface area contributed by atoms with E-state index in [4.69, 9.17) is 21.8 Å². The zero-order valence-corrected chi connectivity index (χ0v) is 19.5. The summed E-state index contributed by atoms with van der Waals surface area (Å²) in [4.78, 5) is 31.2. The molecule has 0 aromatic rings. The molecule has 1 N–H and O–H groups in total. The molecule has 0 bridgehead atoms. The quantitative estimate of drug-likeness (QED) is 0.214. The van der Waals surface area contributed by atoms with Crippen molar-refractivity contribution in [2.75, 3.05) is 13.1 Å². The summed E-state index contributed by atoms with van der Waals surface area (Å²) in [6, 6.07) is 0. The second-order valence-electron chi connectivity index (χ2n) is 8.29. The predicted octanol–water partition coefficient (Wildman–Crippen LogP) is 5.48. The maximum absolute atomic E-state index is 12.8. The minimum atomic E-state index is -4.39. The highest BCUT2D eigenvalue weighted by Crippen LogP contribution is 2.27. The smallest absolute Gasteiger partial charge is 0.331 e. The van der Waals surface area contributed by atoms with Gasteiger partial charge in [0, 0.05) is 17.5 Å². The lowest BCUT2D eigenvalue weighted by Crippen LogP contribution is -2.44. The summed E-state index contributed by atoms with van der Waals surface area (Å²) in [6.07, 6.45) is 3.35. The summed E-state index contributed by atoms with van der Waals surface area (Å²) in [5.41, 5.74) is 1.21. The van der Waals surface area contributed by atoms with E-state index < -0.39 is 29.8 Å². The zero-order valence-electron chi connectivity index (χ0n) is 18.7. The third-order valence-corrected chi connectivity index (χ3v) is 4.41. The lowest BCUT2D eigenvalue weighted by Gasteiger charge is -2.26. The van der Waals surface area contributed by atoms with Gasteiger partial charge in [-0.1, -0.05) is 68.4 Å². The maximum atomic E-state index is 12.8. The Balaban J connectivity index is 3.09. The van der Waals surface area contributed by atoms with Crippen LogP contribution in [0.2, 0.25) is 0 Å². The van der Waals surface area contributed by atoms with E-state index in [0.29, 0.717) is 17.6 Å². The standard InChI is InChI=1S/C23H27ClF3N3O3/c1-16(9-10-24)13-29-33-20(28)21(32)30(15-19(31)22(2,3)4)14-18-8-6-5-7-17(11-18)12-23(25,26)27/h5,7-11,13,28H,1,6,12,14-15H2,2-4H3/b10-9+,28-20?,29-13+. The number of allylic oxidation sites excluding steroid dienone is 6. The van der Waals surface area contributed by atoms with Crippen molar-refractivity contribution in [3.05, 3.63) is 59.2 Å². The van der Waals surface area contributed by atoms with Crippen LogP contribution in [0.5, 0.6) is 0 Å². The molecule has 10 heteroatoms. The number of carbonyl (C=O) groups excluding carboxylic acids is 2. The van der Waals surface area contributed by atoms with Crippen LogP contribution in [0.1, 0.15) is 33.6 Å². The van der Waals surface area contributed by atoms with Gasteiger partial charge in [0.1, 0.15) is 0 Å². The monoisotopic (exact) mass is 485 g/mol. The van der Waals surface area contributed by atoms with Crippen LogP contribution >= 0.6 is 11.6 Å². The maximum Gasteiger partial charge on any atom is 0.393 e. The third kappa shape index (κ3) is 11.0. The number of ketones is 1. The van der Waals surface area contributed by atoms with E-state index in [2.05, 4.69) is 11.7 Å². The molecule has 0 heterocycles. The summed E-state index contributed by atoms with van der Waals surface area (Å²) >= 11 is 5.41. The molecular weight excluding hydrogens is 459 g/mol. The van der Waals surface area contributed by atoms with E-state index >= 15 is 0 Å². The molecule has 0 aliphatic heterocycles. The van der Waals surface area contributed by atoms with Crippen molar-refractivity contribution in [3.8, 4) is 0 Å². The minimum Gasteiger partial charge on any atom is -0.331 e. The number of nitrogens with one attached hydrogen (secondary N) is 1. The first-order chi connectivity index (χ1) is 15.2. The van der Waals surface area contributed by atoms with E-state index in [1.165, 1.54) is 23.8 Å². The summed E-state index contributed by atoms with van der Waals surface area (Å²) in [6.45, 7) is 8.09. The van der Waals surface area contributed by atoms with Gasteiger partial charge in [0.2, 0.25) is 0 Å². The number of hydrogen-bond acceptors (Lipinski definition) is 5. The van der Waals surface area contributed by atoms with Crippen molar-refractivity contribution < 1.29 is 27.6 Å². The second-order valence-corrected chi connectivity index (χ2v) is 8.54. The molecule has 0 radical (unpaired) electrons. The Labute approximate surface area is 196 Å². The van der Waals surface area contributed by atoms with Crippen molar-refractivity contribution in [1.82, 2.24) is 4.90 Å². The Morgan fingerprint density at radius 2 is 1.97 bits per heavy atom. The first-order valence-corrected chi connectivity index (χ1v) is 10.4. The van der Waals surface area contributed by atoms with Crippen molar-refractivity contribution in [2.24, 2.45) is 10.6 Å². The van der Waals surface area contributed by atoms with Gasteiger partial charge in [0.05, 0.1) is 19.2 Å². The van der Waals surface area contributed by atoms with Crippen molar-refractivity contribution in [2.45, 2.75) is 39.8 Å². The Kier molecular flexibility index (Phi) is 10.5. The van der Waals surface area contributed by atoms with E-state index in [1.807, 2.05) is 0 Å². The Hall–Kier alpha value is -2.94. The summed E-state index contributed by atoms with van der Waals surface area (Å²) in [5.74, 6) is -2.09. The third-order valence-electron chi connectivity index (χ3n) is 4.29. The van der Waals surface area contributed by atoms with Crippen LogP contribution < -0.4 is 0 Å². The molecule has 0 aromatic heterocycles. The molecule has 33 heavy (non-hydrogen) atoms. The SMILES string of the molecule is C=C(/C=C/Cl)/C=N/OC(=N)C(=O)N(CC(=O)C(C)(C)C)CC1=CCC=CC(CC(F)(F)F)=C1. The molecule has 0 saturated carbocycles. The molecule has 0 fully saturated rings. The van der Waals surface area contributed by atoms with E-state index in [1.54, 1.807) is 32.9 Å². The number of halogens is 4. The first-order valence-electron chi connectivity index (χ1n) is 9.93. The number of rotatable bonds is 8. The van der Waals surface area contributed by atoms with E-state index in [9.17, 15) is 22.8 Å².